The maximum Gasteiger partial charge on any atom is 0.0538 e. The molecule has 0 saturated heterocycles. The Morgan fingerprint density at radius 3 is 2.69 bits per heavy atom. The number of hydrogen-bond donors (Lipinski definition) is 1. The average molecular weight is 222 g/mol. The highest BCUT2D eigenvalue weighted by Gasteiger charge is 2.35. The molecule has 2 rings (SSSR count). The molecule has 1 aliphatic carbocycles. The van der Waals surface area contributed by atoms with Gasteiger partial charge in [-0.3, -0.25) is 9.58 Å². The summed E-state index contributed by atoms with van der Waals surface area (Å²) in [5.74, 6) is 0. The third-order valence-corrected chi connectivity index (χ3v) is 3.30. The topological polar surface area (TPSA) is 47.1 Å². The number of nitrogens with two attached hydrogens (primary N) is 1. The Kier molecular flexibility index (Phi) is 3.30. The largest absolute Gasteiger partial charge is 0.326 e. The first-order chi connectivity index (χ1) is 7.63. The molecule has 0 bridgehead atoms. The highest BCUT2D eigenvalue weighted by molar-refractivity contribution is 5.14. The van der Waals surface area contributed by atoms with Gasteiger partial charge in [-0.1, -0.05) is 6.92 Å². The summed E-state index contributed by atoms with van der Waals surface area (Å²) in [5.41, 5.74) is 7.38. The summed E-state index contributed by atoms with van der Waals surface area (Å²) in [6.45, 7) is 5.36. The molecule has 90 valence electrons. The van der Waals surface area contributed by atoms with Crippen molar-refractivity contribution in [1.82, 2.24) is 14.7 Å². The summed E-state index contributed by atoms with van der Waals surface area (Å²) in [5, 5.41) is 4.25. The van der Waals surface area contributed by atoms with Crippen molar-refractivity contribution in [1.29, 1.82) is 0 Å². The van der Waals surface area contributed by atoms with E-state index in [1.54, 1.807) is 0 Å². The smallest absolute Gasteiger partial charge is 0.0538 e. The predicted molar refractivity (Wildman–Crippen MR) is 65.0 cm³/mol. The standard InChI is InChI=1S/C12H22N4/c1-4-16(11-5-6-11)12(9(2)13)10-7-14-15(3)8-10/h7-9,11-12H,4-6,13H2,1-3H3. The summed E-state index contributed by atoms with van der Waals surface area (Å²) in [6, 6.07) is 1.19. The van der Waals surface area contributed by atoms with Crippen LogP contribution in [0.25, 0.3) is 0 Å². The van der Waals surface area contributed by atoms with Gasteiger partial charge in [0.05, 0.1) is 12.2 Å². The lowest BCUT2D eigenvalue weighted by molar-refractivity contribution is 0.176. The molecule has 0 aliphatic heterocycles. The van der Waals surface area contributed by atoms with Crippen LogP contribution < -0.4 is 5.73 Å². The Bertz CT molecular complexity index is 341. The molecule has 1 saturated carbocycles. The van der Waals surface area contributed by atoms with Crippen LogP contribution in [0.5, 0.6) is 0 Å². The van der Waals surface area contributed by atoms with Crippen LogP contribution in [-0.4, -0.2) is 33.3 Å². The minimum absolute atomic E-state index is 0.143. The van der Waals surface area contributed by atoms with E-state index >= 15 is 0 Å². The van der Waals surface area contributed by atoms with E-state index in [9.17, 15) is 0 Å². The van der Waals surface area contributed by atoms with E-state index in [0.29, 0.717) is 6.04 Å². The van der Waals surface area contributed by atoms with Crippen molar-refractivity contribution in [3.05, 3.63) is 18.0 Å². The van der Waals surface area contributed by atoms with Crippen LogP contribution in [0.15, 0.2) is 12.4 Å². The molecule has 2 atom stereocenters. The van der Waals surface area contributed by atoms with Crippen LogP contribution >= 0.6 is 0 Å². The third-order valence-electron chi connectivity index (χ3n) is 3.30. The van der Waals surface area contributed by atoms with Gasteiger partial charge in [0, 0.05) is 30.9 Å². The normalized spacial score (nSPS) is 20.1. The van der Waals surface area contributed by atoms with Crippen LogP contribution in [-0.2, 0) is 7.05 Å². The minimum atomic E-state index is 0.143. The molecule has 2 unspecified atom stereocenters. The van der Waals surface area contributed by atoms with Crippen molar-refractivity contribution in [3.63, 3.8) is 0 Å². The molecular formula is C12H22N4. The van der Waals surface area contributed by atoms with Gasteiger partial charge in [-0.25, -0.2) is 0 Å². The Morgan fingerprint density at radius 1 is 1.62 bits per heavy atom. The Labute approximate surface area is 97.4 Å². The van der Waals surface area contributed by atoms with Crippen molar-refractivity contribution < 1.29 is 0 Å². The van der Waals surface area contributed by atoms with E-state index < -0.39 is 0 Å². The van der Waals surface area contributed by atoms with Gasteiger partial charge < -0.3 is 5.73 Å². The zero-order valence-corrected chi connectivity index (χ0v) is 10.4. The highest BCUT2D eigenvalue weighted by Crippen LogP contribution is 2.35. The van der Waals surface area contributed by atoms with Gasteiger partial charge in [0.25, 0.3) is 0 Å². The second kappa shape index (κ2) is 4.55. The number of nitrogens with zero attached hydrogens (tertiary/aromatic N) is 3. The molecule has 16 heavy (non-hydrogen) atoms. The molecule has 4 heteroatoms. The number of aryl methyl sites for hydroxylation is 1. The van der Waals surface area contributed by atoms with E-state index in [4.69, 9.17) is 5.73 Å². The third kappa shape index (κ3) is 2.28. The van der Waals surface area contributed by atoms with Crippen LogP contribution in [0, 0.1) is 0 Å². The summed E-state index contributed by atoms with van der Waals surface area (Å²) in [6.07, 6.45) is 6.66. The fourth-order valence-corrected chi connectivity index (χ4v) is 2.48. The summed E-state index contributed by atoms with van der Waals surface area (Å²) in [7, 11) is 1.95. The van der Waals surface area contributed by atoms with Crippen molar-refractivity contribution in [3.8, 4) is 0 Å². The monoisotopic (exact) mass is 222 g/mol. The van der Waals surface area contributed by atoms with Crippen molar-refractivity contribution >= 4 is 0 Å². The number of rotatable bonds is 5. The molecule has 1 aromatic rings. The zero-order chi connectivity index (χ0) is 11.7. The molecule has 2 N–H and O–H groups in total. The molecule has 4 nitrogen and oxygen atoms in total. The maximum atomic E-state index is 6.14. The Balaban J connectivity index is 2.21. The SMILES string of the molecule is CCN(C1CC1)C(c1cnn(C)c1)C(C)N. The lowest BCUT2D eigenvalue weighted by Crippen LogP contribution is -2.40. The Hall–Kier alpha value is -0.870. The van der Waals surface area contributed by atoms with Crippen LogP contribution in [0.2, 0.25) is 0 Å². The molecule has 1 aromatic heterocycles. The molecule has 0 radical (unpaired) electrons. The zero-order valence-electron chi connectivity index (χ0n) is 10.4. The van der Waals surface area contributed by atoms with Crippen molar-refractivity contribution in [2.24, 2.45) is 12.8 Å². The number of hydrogen-bond acceptors (Lipinski definition) is 3. The van der Waals surface area contributed by atoms with Crippen LogP contribution in [0.4, 0.5) is 0 Å². The van der Waals surface area contributed by atoms with Crippen LogP contribution in [0.1, 0.15) is 38.3 Å². The predicted octanol–water partition coefficient (Wildman–Crippen LogP) is 1.29. The van der Waals surface area contributed by atoms with Gasteiger partial charge in [-0.05, 0) is 26.3 Å². The fraction of sp³-hybridized carbons (Fsp3) is 0.750. The first-order valence-corrected chi connectivity index (χ1v) is 6.13. The molecule has 0 spiro atoms. The molecule has 1 aliphatic rings. The van der Waals surface area contributed by atoms with E-state index in [1.165, 1.54) is 18.4 Å². The molecule has 0 amide bonds. The van der Waals surface area contributed by atoms with Crippen molar-refractivity contribution in [2.75, 3.05) is 6.54 Å². The maximum absolute atomic E-state index is 6.14. The first kappa shape index (κ1) is 11.6. The highest BCUT2D eigenvalue weighted by atomic mass is 15.3. The van der Waals surface area contributed by atoms with Gasteiger partial charge in [0.2, 0.25) is 0 Å². The summed E-state index contributed by atoms with van der Waals surface area (Å²) >= 11 is 0. The van der Waals surface area contributed by atoms with E-state index in [0.717, 1.165) is 12.6 Å². The first-order valence-electron chi connectivity index (χ1n) is 6.13. The molecule has 0 aromatic carbocycles. The molecular weight excluding hydrogens is 200 g/mol. The van der Waals surface area contributed by atoms with E-state index in [-0.39, 0.29) is 6.04 Å². The quantitative estimate of drug-likeness (QED) is 0.816. The summed E-state index contributed by atoms with van der Waals surface area (Å²) < 4.78 is 1.85. The van der Waals surface area contributed by atoms with Gasteiger partial charge in [-0.2, -0.15) is 5.10 Å². The fourth-order valence-electron chi connectivity index (χ4n) is 2.48. The van der Waals surface area contributed by atoms with Gasteiger partial charge >= 0.3 is 0 Å². The minimum Gasteiger partial charge on any atom is -0.326 e. The lowest BCUT2D eigenvalue weighted by atomic mass is 10.0. The van der Waals surface area contributed by atoms with Gasteiger partial charge in [0.15, 0.2) is 0 Å². The van der Waals surface area contributed by atoms with Gasteiger partial charge in [0.1, 0.15) is 0 Å². The summed E-state index contributed by atoms with van der Waals surface area (Å²) in [4.78, 5) is 2.52. The van der Waals surface area contributed by atoms with Crippen molar-refractivity contribution in [2.45, 2.75) is 44.8 Å². The molecule has 1 heterocycles. The average Bonchev–Trinajstić information content (AvgIpc) is 2.98. The van der Waals surface area contributed by atoms with E-state index in [1.807, 2.05) is 17.9 Å². The second-order valence-corrected chi connectivity index (χ2v) is 4.81. The lowest BCUT2D eigenvalue weighted by Gasteiger charge is -2.32. The van der Waals surface area contributed by atoms with E-state index in [2.05, 4.69) is 30.0 Å². The second-order valence-electron chi connectivity index (χ2n) is 4.81. The number of aromatic nitrogens is 2. The van der Waals surface area contributed by atoms with Crippen LogP contribution in [0.3, 0.4) is 0 Å². The number of likely N-dealkylation sites (N-methyl/N-ethyl adjacent to an activating group) is 1. The molecule has 1 fully saturated rings. The Morgan fingerprint density at radius 2 is 2.31 bits per heavy atom. The van der Waals surface area contributed by atoms with Gasteiger partial charge in [-0.15, -0.1) is 0 Å².